The molecule has 2 aromatic carbocycles. The Hall–Kier alpha value is -2.13. The predicted octanol–water partition coefficient (Wildman–Crippen LogP) is 3.18. The molecule has 0 fully saturated rings. The highest BCUT2D eigenvalue weighted by molar-refractivity contribution is 5.94. The Bertz CT molecular complexity index is 753. The molecule has 24 heavy (non-hydrogen) atoms. The first-order valence-corrected chi connectivity index (χ1v) is 9.00. The fourth-order valence-corrected chi connectivity index (χ4v) is 4.03. The van der Waals surface area contributed by atoms with E-state index < -0.39 is 0 Å². The van der Waals surface area contributed by atoms with Gasteiger partial charge in [0.25, 0.3) is 5.91 Å². The van der Waals surface area contributed by atoms with Gasteiger partial charge in [0.05, 0.1) is 0 Å². The summed E-state index contributed by atoms with van der Waals surface area (Å²) in [6, 6.07) is 14.8. The van der Waals surface area contributed by atoms with Gasteiger partial charge in [-0.3, -0.25) is 4.79 Å². The number of hydrogen-bond acceptors (Lipinski definition) is 2. The molecule has 0 spiro atoms. The zero-order valence-corrected chi connectivity index (χ0v) is 14.0. The van der Waals surface area contributed by atoms with Crippen LogP contribution in [-0.2, 0) is 19.4 Å². The zero-order chi connectivity index (χ0) is 16.4. The number of nitrogens with one attached hydrogen (secondary N) is 2. The van der Waals surface area contributed by atoms with E-state index in [2.05, 4.69) is 47.0 Å². The SMILES string of the molecule is O=C(NCCC1CCc2ccccc21)c1ccc2c(c1)CCNC2. The van der Waals surface area contributed by atoms with Crippen molar-refractivity contribution in [3.8, 4) is 0 Å². The number of amides is 1. The Morgan fingerprint density at radius 2 is 2.00 bits per heavy atom. The molecule has 0 bridgehead atoms. The van der Waals surface area contributed by atoms with Gasteiger partial charge in [0.1, 0.15) is 0 Å². The zero-order valence-electron chi connectivity index (χ0n) is 14.0. The van der Waals surface area contributed by atoms with E-state index in [0.29, 0.717) is 5.92 Å². The third-order valence-electron chi connectivity index (χ3n) is 5.39. The quantitative estimate of drug-likeness (QED) is 0.908. The van der Waals surface area contributed by atoms with E-state index in [-0.39, 0.29) is 5.91 Å². The Morgan fingerprint density at radius 3 is 2.96 bits per heavy atom. The summed E-state index contributed by atoms with van der Waals surface area (Å²) in [5, 5.41) is 6.47. The lowest BCUT2D eigenvalue weighted by molar-refractivity contribution is 0.0952. The summed E-state index contributed by atoms with van der Waals surface area (Å²) in [7, 11) is 0. The van der Waals surface area contributed by atoms with Gasteiger partial charge in [-0.25, -0.2) is 0 Å². The van der Waals surface area contributed by atoms with Gasteiger partial charge in [-0.05, 0) is 72.5 Å². The van der Waals surface area contributed by atoms with Crippen LogP contribution in [0.25, 0.3) is 0 Å². The van der Waals surface area contributed by atoms with Gasteiger partial charge in [0.15, 0.2) is 0 Å². The van der Waals surface area contributed by atoms with Crippen LogP contribution in [0, 0.1) is 0 Å². The van der Waals surface area contributed by atoms with Crippen LogP contribution in [0.4, 0.5) is 0 Å². The molecule has 1 aliphatic carbocycles. The summed E-state index contributed by atoms with van der Waals surface area (Å²) in [6.45, 7) is 2.66. The van der Waals surface area contributed by atoms with E-state index in [1.807, 2.05) is 6.07 Å². The summed E-state index contributed by atoms with van der Waals surface area (Å²) in [4.78, 5) is 12.4. The minimum Gasteiger partial charge on any atom is -0.352 e. The molecule has 0 saturated carbocycles. The van der Waals surface area contributed by atoms with Crippen LogP contribution in [0.2, 0.25) is 0 Å². The van der Waals surface area contributed by atoms with E-state index in [4.69, 9.17) is 0 Å². The van der Waals surface area contributed by atoms with Crippen LogP contribution in [0.1, 0.15) is 51.4 Å². The third-order valence-corrected chi connectivity index (χ3v) is 5.39. The van der Waals surface area contributed by atoms with E-state index in [0.717, 1.165) is 38.0 Å². The molecule has 3 nitrogen and oxygen atoms in total. The Labute approximate surface area is 143 Å². The Kier molecular flexibility index (Phi) is 4.35. The van der Waals surface area contributed by atoms with Crippen molar-refractivity contribution in [1.29, 1.82) is 0 Å². The first-order chi connectivity index (χ1) is 11.8. The predicted molar refractivity (Wildman–Crippen MR) is 96.3 cm³/mol. The minimum absolute atomic E-state index is 0.0580. The fraction of sp³-hybridized carbons (Fsp3) is 0.381. The molecule has 4 rings (SSSR count). The molecule has 1 heterocycles. The van der Waals surface area contributed by atoms with Crippen molar-refractivity contribution in [1.82, 2.24) is 10.6 Å². The highest BCUT2D eigenvalue weighted by Crippen LogP contribution is 2.34. The van der Waals surface area contributed by atoms with E-state index in [1.54, 1.807) is 0 Å². The second kappa shape index (κ2) is 6.78. The number of benzene rings is 2. The summed E-state index contributed by atoms with van der Waals surface area (Å²) in [5.74, 6) is 0.652. The molecule has 2 aliphatic rings. The monoisotopic (exact) mass is 320 g/mol. The maximum Gasteiger partial charge on any atom is 0.251 e. The van der Waals surface area contributed by atoms with Crippen molar-refractivity contribution in [2.45, 2.75) is 38.1 Å². The molecule has 0 saturated heterocycles. The number of hydrogen-bond donors (Lipinski definition) is 2. The molecule has 0 radical (unpaired) electrons. The van der Waals surface area contributed by atoms with Gasteiger partial charge in [0, 0.05) is 18.7 Å². The van der Waals surface area contributed by atoms with Crippen LogP contribution in [0.5, 0.6) is 0 Å². The van der Waals surface area contributed by atoms with Gasteiger partial charge >= 0.3 is 0 Å². The molecule has 1 unspecified atom stereocenters. The van der Waals surface area contributed by atoms with Crippen LogP contribution in [0.3, 0.4) is 0 Å². The number of aryl methyl sites for hydroxylation is 1. The van der Waals surface area contributed by atoms with Gasteiger partial charge in [-0.15, -0.1) is 0 Å². The lowest BCUT2D eigenvalue weighted by Crippen LogP contribution is -2.27. The Balaban J connectivity index is 1.34. The van der Waals surface area contributed by atoms with E-state index >= 15 is 0 Å². The number of carbonyl (C=O) groups excluding carboxylic acids is 1. The topological polar surface area (TPSA) is 41.1 Å². The summed E-state index contributed by atoms with van der Waals surface area (Å²) in [5.41, 5.74) is 6.39. The summed E-state index contributed by atoms with van der Waals surface area (Å²) >= 11 is 0. The largest absolute Gasteiger partial charge is 0.352 e. The van der Waals surface area contributed by atoms with Crippen molar-refractivity contribution in [3.05, 3.63) is 70.3 Å². The molecule has 1 atom stereocenters. The second-order valence-corrected chi connectivity index (χ2v) is 6.89. The normalized spacial score (nSPS) is 18.8. The molecule has 0 aromatic heterocycles. The van der Waals surface area contributed by atoms with Gasteiger partial charge in [-0.2, -0.15) is 0 Å². The molecular formula is C21H24N2O. The minimum atomic E-state index is 0.0580. The molecule has 1 aliphatic heterocycles. The average Bonchev–Trinajstić information content (AvgIpc) is 3.04. The average molecular weight is 320 g/mol. The van der Waals surface area contributed by atoms with Gasteiger partial charge < -0.3 is 10.6 Å². The number of fused-ring (bicyclic) bond motifs is 2. The van der Waals surface area contributed by atoms with E-state index in [1.165, 1.54) is 35.1 Å². The highest BCUT2D eigenvalue weighted by Gasteiger charge is 2.21. The molecule has 124 valence electrons. The summed E-state index contributed by atoms with van der Waals surface area (Å²) in [6.07, 6.45) is 4.42. The Morgan fingerprint density at radius 1 is 1.08 bits per heavy atom. The number of carbonyl (C=O) groups is 1. The van der Waals surface area contributed by atoms with E-state index in [9.17, 15) is 4.79 Å². The van der Waals surface area contributed by atoms with Crippen LogP contribution in [0.15, 0.2) is 42.5 Å². The van der Waals surface area contributed by atoms with Crippen molar-refractivity contribution in [3.63, 3.8) is 0 Å². The first kappa shape index (κ1) is 15.4. The highest BCUT2D eigenvalue weighted by atomic mass is 16.1. The third kappa shape index (κ3) is 3.09. The smallest absolute Gasteiger partial charge is 0.251 e. The summed E-state index contributed by atoms with van der Waals surface area (Å²) < 4.78 is 0. The molecule has 2 aromatic rings. The first-order valence-electron chi connectivity index (χ1n) is 9.00. The van der Waals surface area contributed by atoms with Crippen LogP contribution in [-0.4, -0.2) is 19.0 Å². The maximum atomic E-state index is 12.4. The molecule has 2 N–H and O–H groups in total. The second-order valence-electron chi connectivity index (χ2n) is 6.89. The molecule has 3 heteroatoms. The van der Waals surface area contributed by atoms with Crippen molar-refractivity contribution in [2.75, 3.05) is 13.1 Å². The molecular weight excluding hydrogens is 296 g/mol. The van der Waals surface area contributed by atoms with Crippen LogP contribution < -0.4 is 10.6 Å². The maximum absolute atomic E-state index is 12.4. The van der Waals surface area contributed by atoms with Crippen molar-refractivity contribution < 1.29 is 4.79 Å². The van der Waals surface area contributed by atoms with Crippen molar-refractivity contribution in [2.24, 2.45) is 0 Å². The van der Waals surface area contributed by atoms with Crippen molar-refractivity contribution >= 4 is 5.91 Å². The van der Waals surface area contributed by atoms with Gasteiger partial charge in [-0.1, -0.05) is 30.3 Å². The number of rotatable bonds is 4. The van der Waals surface area contributed by atoms with Crippen LogP contribution >= 0.6 is 0 Å². The lowest BCUT2D eigenvalue weighted by atomic mass is 9.97. The standard InChI is InChI=1S/C21H24N2O/c24-21(18-7-8-19-14-22-11-9-17(19)13-18)23-12-10-16-6-5-15-3-1-2-4-20(15)16/h1-4,7-8,13,16,22H,5-6,9-12,14H2,(H,23,24). The lowest BCUT2D eigenvalue weighted by Gasteiger charge is -2.18. The fourth-order valence-electron chi connectivity index (χ4n) is 4.03. The molecule has 1 amide bonds. The van der Waals surface area contributed by atoms with Gasteiger partial charge in [0.2, 0.25) is 0 Å².